The number of fused-ring (bicyclic) bond motifs is 1. The zero-order chi connectivity index (χ0) is 35.6. The molecule has 3 aromatic carbocycles. The second kappa shape index (κ2) is 14.4. The number of nitrogens with one attached hydrogen (secondary N) is 1. The highest BCUT2D eigenvalue weighted by atomic mass is 32.2. The molecule has 0 aliphatic carbocycles. The largest absolute Gasteiger partial charge is 0.573 e. The van der Waals surface area contributed by atoms with Crippen molar-refractivity contribution >= 4 is 53.2 Å². The van der Waals surface area contributed by atoms with Gasteiger partial charge in [0.25, 0.3) is 5.91 Å². The number of amides is 2. The number of nitrogens with two attached hydrogens (primary N) is 1. The number of sulfone groups is 1. The predicted molar refractivity (Wildman–Crippen MR) is 176 cm³/mol. The van der Waals surface area contributed by atoms with Crippen LogP contribution in [0, 0.1) is 0 Å². The first-order valence-electron chi connectivity index (χ1n) is 14.7. The quantitative estimate of drug-likeness (QED) is 0.219. The number of alkyl halides is 3. The lowest BCUT2D eigenvalue weighted by molar-refractivity contribution is -0.274. The van der Waals surface area contributed by atoms with Gasteiger partial charge in [-0.1, -0.05) is 30.3 Å². The van der Waals surface area contributed by atoms with Crippen molar-refractivity contribution in [2.45, 2.75) is 29.9 Å². The van der Waals surface area contributed by atoms with Crippen LogP contribution in [0.3, 0.4) is 0 Å². The molecule has 2 amide bonds. The summed E-state index contributed by atoms with van der Waals surface area (Å²) in [7, 11) is -6.79. The molecule has 3 N–H and O–H groups in total. The van der Waals surface area contributed by atoms with Gasteiger partial charge in [-0.05, 0) is 59.5 Å². The molecule has 1 saturated heterocycles. The summed E-state index contributed by atoms with van der Waals surface area (Å²) >= 11 is 0.943. The third-order valence-electron chi connectivity index (χ3n) is 7.67. The van der Waals surface area contributed by atoms with E-state index >= 15 is 0 Å². The van der Waals surface area contributed by atoms with Gasteiger partial charge >= 0.3 is 6.36 Å². The molecule has 49 heavy (non-hydrogen) atoms. The molecule has 2 atom stereocenters. The summed E-state index contributed by atoms with van der Waals surface area (Å²) in [6.45, 7) is 0.657. The highest BCUT2D eigenvalue weighted by molar-refractivity contribution is 7.91. The average molecular weight is 741 g/mol. The van der Waals surface area contributed by atoms with Gasteiger partial charge in [-0.25, -0.2) is 27.0 Å². The first-order valence-corrected chi connectivity index (χ1v) is 18.9. The molecular weight excluding hydrogens is 710 g/mol. The van der Waals surface area contributed by atoms with E-state index in [0.29, 0.717) is 28.9 Å². The summed E-state index contributed by atoms with van der Waals surface area (Å²) in [4.78, 5) is 32.4. The number of benzene rings is 3. The Balaban J connectivity index is 1.40. The van der Waals surface area contributed by atoms with E-state index in [0.717, 1.165) is 53.1 Å². The number of likely N-dealkylation sites (tertiary alicyclic amines) is 1. The number of sulfonamides is 1. The number of aromatic nitrogens is 1. The number of carbonyl (C=O) groups excluding carboxylic acids is 2. The monoisotopic (exact) mass is 740 g/mol. The lowest BCUT2D eigenvalue weighted by Gasteiger charge is -2.16. The Hall–Kier alpha value is -4.10. The number of methoxy groups -OCH3 is 1. The van der Waals surface area contributed by atoms with Gasteiger partial charge in [0.15, 0.2) is 15.1 Å². The zero-order valence-electron chi connectivity index (χ0n) is 25.8. The van der Waals surface area contributed by atoms with Crippen LogP contribution >= 0.6 is 11.3 Å². The molecule has 1 aliphatic rings. The van der Waals surface area contributed by atoms with Crippen molar-refractivity contribution in [3.63, 3.8) is 0 Å². The molecule has 12 nitrogen and oxygen atoms in total. The molecule has 0 spiro atoms. The Kier molecular flexibility index (Phi) is 10.6. The molecular formula is C31H31F3N4O8S3. The molecule has 18 heteroatoms. The molecule has 4 aromatic rings. The summed E-state index contributed by atoms with van der Waals surface area (Å²) in [5.74, 6) is -3.10. The van der Waals surface area contributed by atoms with Gasteiger partial charge in [0, 0.05) is 32.3 Å². The van der Waals surface area contributed by atoms with Gasteiger partial charge in [0.1, 0.15) is 10.8 Å². The van der Waals surface area contributed by atoms with E-state index in [4.69, 9.17) is 9.88 Å². The number of carbonyl (C=O) groups is 2. The summed E-state index contributed by atoms with van der Waals surface area (Å²) < 4.78 is 97.6. The number of hydrogen-bond acceptors (Lipinski definition) is 10. The van der Waals surface area contributed by atoms with E-state index in [1.54, 1.807) is 54.5 Å². The van der Waals surface area contributed by atoms with Crippen LogP contribution in [-0.2, 0) is 35.1 Å². The van der Waals surface area contributed by atoms with E-state index in [2.05, 4.69) is 15.0 Å². The molecule has 1 unspecified atom stereocenters. The maximum absolute atomic E-state index is 13.7. The fourth-order valence-corrected chi connectivity index (χ4v) is 8.82. The number of primary sulfonamides is 1. The van der Waals surface area contributed by atoms with Crippen molar-refractivity contribution in [2.75, 3.05) is 32.5 Å². The average Bonchev–Trinajstić information content (AvgIpc) is 3.67. The van der Waals surface area contributed by atoms with Gasteiger partial charge < -0.3 is 19.7 Å². The smallest absolute Gasteiger partial charge is 0.406 e. The molecule has 2 heterocycles. The van der Waals surface area contributed by atoms with Crippen LogP contribution in [0.15, 0.2) is 66.7 Å². The van der Waals surface area contributed by atoms with E-state index in [1.807, 2.05) is 0 Å². The van der Waals surface area contributed by atoms with Gasteiger partial charge in [-0.15, -0.1) is 24.5 Å². The van der Waals surface area contributed by atoms with Crippen molar-refractivity contribution < 1.29 is 49.1 Å². The summed E-state index contributed by atoms with van der Waals surface area (Å²) in [5, 5.41) is 5.32. The maximum atomic E-state index is 13.7. The number of halogens is 3. The van der Waals surface area contributed by atoms with Crippen LogP contribution in [0.25, 0.3) is 21.3 Å². The molecule has 0 radical (unpaired) electrons. The number of nitrogens with zero attached hydrogens (tertiary/aromatic N) is 2. The van der Waals surface area contributed by atoms with Crippen molar-refractivity contribution in [3.8, 4) is 16.9 Å². The third kappa shape index (κ3) is 9.33. The number of rotatable bonds is 12. The van der Waals surface area contributed by atoms with Crippen molar-refractivity contribution in [2.24, 2.45) is 5.14 Å². The first-order chi connectivity index (χ1) is 23.0. The fourth-order valence-electron chi connectivity index (χ4n) is 5.27. The number of thiazole rings is 1. The van der Waals surface area contributed by atoms with Crippen LogP contribution in [0.2, 0.25) is 0 Å². The first kappa shape index (κ1) is 36.2. The Morgan fingerprint density at radius 2 is 1.71 bits per heavy atom. The molecule has 1 aliphatic heterocycles. The second-order valence-electron chi connectivity index (χ2n) is 11.2. The van der Waals surface area contributed by atoms with Gasteiger partial charge in [-0.3, -0.25) is 9.59 Å². The SMILES string of the molecule is CO[C@H]1CCN(C(=O)c2ccc(-c3ccc4nc(C(C(=O)NCCS(N)(=O)=O)S(=O)(=O)Cc5ccc(OC(F)(F)F)cc5)sc4c3)cc2)C1. The van der Waals surface area contributed by atoms with Gasteiger partial charge in [0.2, 0.25) is 15.9 Å². The predicted octanol–water partition coefficient (Wildman–Crippen LogP) is 3.78. The van der Waals surface area contributed by atoms with Crippen LogP contribution < -0.4 is 15.2 Å². The summed E-state index contributed by atoms with van der Waals surface area (Å²) in [5.41, 5.74) is 2.49. The minimum atomic E-state index is -4.94. The van der Waals surface area contributed by atoms with Crippen molar-refractivity contribution in [1.82, 2.24) is 15.2 Å². The van der Waals surface area contributed by atoms with E-state index < -0.39 is 61.2 Å². The van der Waals surface area contributed by atoms with Gasteiger partial charge in [0.05, 0.1) is 27.8 Å². The summed E-state index contributed by atoms with van der Waals surface area (Å²) in [6, 6.07) is 16.3. The zero-order valence-corrected chi connectivity index (χ0v) is 28.3. The highest BCUT2D eigenvalue weighted by Gasteiger charge is 2.37. The summed E-state index contributed by atoms with van der Waals surface area (Å²) in [6.07, 6.45) is -4.16. The van der Waals surface area contributed by atoms with Crippen molar-refractivity contribution in [1.29, 1.82) is 0 Å². The van der Waals surface area contributed by atoms with Crippen molar-refractivity contribution in [3.05, 3.63) is 82.9 Å². The lowest BCUT2D eigenvalue weighted by Crippen LogP contribution is -2.37. The molecule has 1 fully saturated rings. The van der Waals surface area contributed by atoms with E-state index in [1.165, 1.54) is 0 Å². The molecule has 0 bridgehead atoms. The second-order valence-corrected chi connectivity index (χ2v) is 16.1. The molecule has 5 rings (SSSR count). The topological polar surface area (TPSA) is 175 Å². The van der Waals surface area contributed by atoms with Crippen LogP contribution in [-0.4, -0.2) is 83.5 Å². The normalized spacial score (nSPS) is 16.1. The van der Waals surface area contributed by atoms with E-state index in [9.17, 15) is 39.6 Å². The highest BCUT2D eigenvalue weighted by Crippen LogP contribution is 2.35. The molecule has 0 saturated carbocycles. The Labute approximate surface area is 284 Å². The number of hydrogen-bond donors (Lipinski definition) is 2. The maximum Gasteiger partial charge on any atom is 0.573 e. The Morgan fingerprint density at radius 1 is 1.04 bits per heavy atom. The standard InChI is InChI=1S/C31H31F3N4O8S3/c1-45-24-12-14-38(17-24)30(40)21-6-4-20(5-7-21)22-8-11-25-26(16-22)47-29(37-25)27(28(39)36-13-15-49(35,43)44)48(41,42)18-19-2-9-23(10-3-19)46-31(32,33)34/h2-11,16,24,27H,12-15,17-18H2,1H3,(H,36,39)(H2,35,43,44)/t24-,27?/m0/s1. The minimum absolute atomic E-state index is 0.00952. The Morgan fingerprint density at radius 3 is 2.33 bits per heavy atom. The van der Waals surface area contributed by atoms with Gasteiger partial charge in [-0.2, -0.15) is 0 Å². The third-order valence-corrected chi connectivity index (χ3v) is 11.6. The number of ether oxygens (including phenoxy) is 2. The Bertz CT molecular complexity index is 2050. The van der Waals surface area contributed by atoms with Crippen LogP contribution in [0.4, 0.5) is 13.2 Å². The van der Waals surface area contributed by atoms with E-state index in [-0.39, 0.29) is 22.6 Å². The van der Waals surface area contributed by atoms with Crippen LogP contribution in [0.1, 0.15) is 32.6 Å². The van der Waals surface area contributed by atoms with Crippen LogP contribution in [0.5, 0.6) is 5.75 Å². The fraction of sp³-hybridized carbons (Fsp3) is 0.323. The molecule has 1 aromatic heterocycles. The minimum Gasteiger partial charge on any atom is -0.406 e. The lowest BCUT2D eigenvalue weighted by atomic mass is 10.0. The molecule has 262 valence electrons.